The molecule has 8 N–H and O–H groups in total. The van der Waals surface area contributed by atoms with Crippen LogP contribution in [0.25, 0.3) is 0 Å². The zero-order valence-electron chi connectivity index (χ0n) is 21.1. The fraction of sp³-hybridized carbons (Fsp3) is 0.227. The third-order valence-electron chi connectivity index (χ3n) is 5.24. The first-order valence-electron chi connectivity index (χ1n) is 11.0. The summed E-state index contributed by atoms with van der Waals surface area (Å²) in [4.78, 5) is 49.7. The Kier molecular flexibility index (Phi) is 10.2. The van der Waals surface area contributed by atoms with E-state index in [1.54, 1.807) is 24.7 Å². The molecule has 0 unspecified atom stereocenters. The molecule has 0 aliphatic heterocycles. The van der Waals surface area contributed by atoms with E-state index in [4.69, 9.17) is 11.1 Å². The van der Waals surface area contributed by atoms with E-state index >= 15 is 0 Å². The summed E-state index contributed by atoms with van der Waals surface area (Å²) >= 11 is 2.97. The van der Waals surface area contributed by atoms with Crippen LogP contribution in [-0.4, -0.2) is 60.6 Å². The zero-order valence-corrected chi connectivity index (χ0v) is 23.5. The molecule has 39 heavy (non-hydrogen) atoms. The van der Waals surface area contributed by atoms with Gasteiger partial charge in [0.25, 0.3) is 23.6 Å². The van der Waals surface area contributed by atoms with Crippen LogP contribution in [0.5, 0.6) is 0 Å². The number of carbonyl (C=O) groups excluding carboxylic acids is 4. The lowest BCUT2D eigenvalue weighted by Crippen LogP contribution is -2.28. The number of hydrogen-bond donors (Lipinski definition) is 7. The number of halogens is 2. The molecule has 3 heterocycles. The monoisotopic (exact) mass is 623 g/mol. The second-order valence-electron chi connectivity index (χ2n) is 8.13. The lowest BCUT2D eigenvalue weighted by atomic mass is 10.2. The van der Waals surface area contributed by atoms with Gasteiger partial charge in [-0.15, -0.1) is 12.4 Å². The molecule has 3 aromatic heterocycles. The number of rotatable bonds is 10. The van der Waals surface area contributed by atoms with Gasteiger partial charge < -0.3 is 31.6 Å². The summed E-state index contributed by atoms with van der Waals surface area (Å²) in [7, 11) is 3.18. The molecule has 0 radical (unpaired) electrons. The molecule has 17 heteroatoms. The number of anilines is 3. The van der Waals surface area contributed by atoms with E-state index in [1.807, 2.05) is 0 Å². The molecule has 0 aromatic carbocycles. The highest BCUT2D eigenvalue weighted by Crippen LogP contribution is 2.20. The standard InChI is InChI=1S/C22H26BrN11O4.ClH/c1-10-17(22(38)27-12-7-13(33(3)9-12)20(36)26-6-5-15(24)25)30-31-18(10)29-21(37)14-8-16(32-34(14)4)28-19(35)11(2)23;/h7-9H,2,5-6H2,1,3-4H3,(H3,24,25)(H,26,36)(H,27,38)(H,28,32,35)(H2,29,30,31,37);1H. The molecule has 0 bridgehead atoms. The normalized spacial score (nSPS) is 10.3. The van der Waals surface area contributed by atoms with Gasteiger partial charge in [-0.05, 0) is 28.9 Å². The Morgan fingerprint density at radius 1 is 1.10 bits per heavy atom. The molecule has 0 saturated carbocycles. The lowest BCUT2D eigenvalue weighted by Gasteiger charge is -2.04. The van der Waals surface area contributed by atoms with Crippen LogP contribution in [0, 0.1) is 12.3 Å². The summed E-state index contributed by atoms with van der Waals surface area (Å²) in [6, 6.07) is 2.88. The van der Waals surface area contributed by atoms with Crippen molar-refractivity contribution in [1.29, 1.82) is 5.41 Å². The van der Waals surface area contributed by atoms with Crippen molar-refractivity contribution in [3.05, 3.63) is 52.0 Å². The van der Waals surface area contributed by atoms with Crippen LogP contribution in [0.1, 0.15) is 43.4 Å². The Balaban J connectivity index is 0.00000533. The number of amidine groups is 1. The third kappa shape index (κ3) is 7.55. The van der Waals surface area contributed by atoms with Crippen LogP contribution in [0.3, 0.4) is 0 Å². The molecule has 0 spiro atoms. The Morgan fingerprint density at radius 3 is 2.44 bits per heavy atom. The van der Waals surface area contributed by atoms with Gasteiger partial charge in [0.2, 0.25) is 0 Å². The molecule has 208 valence electrons. The fourth-order valence-electron chi connectivity index (χ4n) is 3.29. The van der Waals surface area contributed by atoms with Gasteiger partial charge in [-0.3, -0.25) is 34.4 Å². The van der Waals surface area contributed by atoms with Crippen molar-refractivity contribution in [3.8, 4) is 0 Å². The molecule has 0 aliphatic carbocycles. The molecule has 3 rings (SSSR count). The van der Waals surface area contributed by atoms with Gasteiger partial charge in [0.15, 0.2) is 11.6 Å². The number of H-pyrrole nitrogens is 1. The first kappa shape index (κ1) is 30.8. The summed E-state index contributed by atoms with van der Waals surface area (Å²) in [6.07, 6.45) is 1.79. The van der Waals surface area contributed by atoms with Crippen LogP contribution in [0.4, 0.5) is 17.3 Å². The quantitative estimate of drug-likeness (QED) is 0.100. The molecule has 0 aliphatic rings. The fourth-order valence-corrected chi connectivity index (χ4v) is 3.39. The van der Waals surface area contributed by atoms with E-state index in [9.17, 15) is 19.2 Å². The minimum absolute atomic E-state index is 0. The predicted molar refractivity (Wildman–Crippen MR) is 151 cm³/mol. The summed E-state index contributed by atoms with van der Waals surface area (Å²) in [6.45, 7) is 5.28. The molecule has 0 fully saturated rings. The average Bonchev–Trinajstić information content (AvgIpc) is 3.50. The molecule has 0 saturated heterocycles. The van der Waals surface area contributed by atoms with Gasteiger partial charge in [0.05, 0.1) is 16.0 Å². The highest BCUT2D eigenvalue weighted by atomic mass is 79.9. The smallest absolute Gasteiger partial charge is 0.275 e. The van der Waals surface area contributed by atoms with E-state index in [2.05, 4.69) is 59.1 Å². The molecule has 0 atom stereocenters. The number of carbonyl (C=O) groups is 4. The predicted octanol–water partition coefficient (Wildman–Crippen LogP) is 1.62. The van der Waals surface area contributed by atoms with Crippen molar-refractivity contribution in [2.45, 2.75) is 13.3 Å². The van der Waals surface area contributed by atoms with Gasteiger partial charge in [-0.25, -0.2) is 0 Å². The highest BCUT2D eigenvalue weighted by Gasteiger charge is 2.21. The van der Waals surface area contributed by atoms with Crippen molar-refractivity contribution in [3.63, 3.8) is 0 Å². The van der Waals surface area contributed by atoms with E-state index < -0.39 is 17.7 Å². The van der Waals surface area contributed by atoms with Crippen LogP contribution in [0.2, 0.25) is 0 Å². The zero-order chi connectivity index (χ0) is 28.1. The first-order valence-corrected chi connectivity index (χ1v) is 11.8. The number of aryl methyl sites for hydroxylation is 2. The largest absolute Gasteiger partial charge is 0.388 e. The molecule has 3 aromatic rings. The third-order valence-corrected chi connectivity index (χ3v) is 5.60. The van der Waals surface area contributed by atoms with Crippen LogP contribution in [0.15, 0.2) is 29.4 Å². The number of nitrogens with two attached hydrogens (primary N) is 1. The molecular formula is C22H27BrClN11O4. The minimum Gasteiger partial charge on any atom is -0.388 e. The number of aromatic nitrogens is 5. The van der Waals surface area contributed by atoms with Gasteiger partial charge >= 0.3 is 0 Å². The SMILES string of the molecule is C=C(Br)C(=O)Nc1cc(C(=O)Nc2n[nH]c(C(=O)Nc3cc(C(=O)NCCC(=N)N)n(C)c3)c2C)n(C)n1.Cl. The van der Waals surface area contributed by atoms with Crippen LogP contribution >= 0.6 is 28.3 Å². The van der Waals surface area contributed by atoms with Crippen LogP contribution < -0.4 is 27.0 Å². The maximum Gasteiger partial charge on any atom is 0.275 e. The van der Waals surface area contributed by atoms with E-state index in [0.717, 1.165) is 0 Å². The van der Waals surface area contributed by atoms with Crippen molar-refractivity contribution in [1.82, 2.24) is 29.9 Å². The van der Waals surface area contributed by atoms with E-state index in [1.165, 1.54) is 23.9 Å². The van der Waals surface area contributed by atoms with E-state index in [-0.39, 0.29) is 64.6 Å². The van der Waals surface area contributed by atoms with Gasteiger partial charge in [0.1, 0.15) is 17.1 Å². The number of nitrogens with zero attached hydrogens (tertiary/aromatic N) is 4. The summed E-state index contributed by atoms with van der Waals surface area (Å²) < 4.78 is 2.93. The summed E-state index contributed by atoms with van der Waals surface area (Å²) in [5.74, 6) is -1.75. The second-order valence-corrected chi connectivity index (χ2v) is 9.09. The van der Waals surface area contributed by atoms with E-state index in [0.29, 0.717) is 16.9 Å². The van der Waals surface area contributed by atoms with Crippen molar-refractivity contribution >= 4 is 75.1 Å². The van der Waals surface area contributed by atoms with Crippen molar-refractivity contribution in [2.24, 2.45) is 19.8 Å². The lowest BCUT2D eigenvalue weighted by molar-refractivity contribution is -0.112. The Hall–Kier alpha value is -4.44. The Labute approximate surface area is 237 Å². The second kappa shape index (κ2) is 12.9. The highest BCUT2D eigenvalue weighted by molar-refractivity contribution is 9.12. The number of aromatic amines is 1. The number of amides is 4. The summed E-state index contributed by atoms with van der Waals surface area (Å²) in [5, 5.41) is 28.3. The molecule has 15 nitrogen and oxygen atoms in total. The van der Waals surface area contributed by atoms with Gasteiger partial charge in [-0.2, -0.15) is 10.2 Å². The summed E-state index contributed by atoms with van der Waals surface area (Å²) in [5.41, 5.74) is 6.56. The topological polar surface area (TPSA) is 218 Å². The Morgan fingerprint density at radius 2 is 1.79 bits per heavy atom. The maximum absolute atomic E-state index is 12.8. The van der Waals surface area contributed by atoms with Crippen LogP contribution in [-0.2, 0) is 18.9 Å². The van der Waals surface area contributed by atoms with Gasteiger partial charge in [-0.1, -0.05) is 6.58 Å². The minimum atomic E-state index is -0.566. The van der Waals surface area contributed by atoms with Gasteiger partial charge in [0, 0.05) is 44.9 Å². The molecular weight excluding hydrogens is 598 g/mol. The number of nitrogens with one attached hydrogen (secondary N) is 6. The van der Waals surface area contributed by atoms with Crippen molar-refractivity contribution < 1.29 is 19.2 Å². The first-order chi connectivity index (χ1) is 17.9. The number of hydrogen-bond acceptors (Lipinski definition) is 7. The molecule has 4 amide bonds. The van der Waals surface area contributed by atoms with Crippen molar-refractivity contribution in [2.75, 3.05) is 22.5 Å². The Bertz CT molecular complexity index is 1460. The maximum atomic E-state index is 12.8. The average molecular weight is 625 g/mol.